The second kappa shape index (κ2) is 17.3. The van der Waals surface area contributed by atoms with Crippen LogP contribution in [-0.2, 0) is 27.1 Å². The van der Waals surface area contributed by atoms with Crippen LogP contribution in [0.15, 0.2) is 158 Å². The highest BCUT2D eigenvalue weighted by atomic mass is 16.5. The summed E-state index contributed by atoms with van der Waals surface area (Å²) in [5, 5.41) is 6.44. The smallest absolute Gasteiger partial charge is 0.137 e. The number of benzene rings is 7. The van der Waals surface area contributed by atoms with E-state index in [9.17, 15) is 0 Å². The van der Waals surface area contributed by atoms with E-state index in [1.165, 1.54) is 71.9 Å². The summed E-state index contributed by atoms with van der Waals surface area (Å²) in [6.45, 7) is 32.3. The Morgan fingerprint density at radius 2 is 1.10 bits per heavy atom. The first-order valence-electron chi connectivity index (χ1n) is 25.7. The summed E-state index contributed by atoms with van der Waals surface area (Å²) in [6.07, 6.45) is 1.95. The molecule has 7 aromatic carbocycles. The van der Waals surface area contributed by atoms with Gasteiger partial charge in [-0.2, -0.15) is 0 Å². The van der Waals surface area contributed by atoms with Crippen LogP contribution in [0.2, 0.25) is 0 Å². The van der Waals surface area contributed by atoms with Crippen LogP contribution in [0.25, 0.3) is 49.9 Å². The Bertz CT molecular complexity index is 3510. The Morgan fingerprint density at radius 3 is 1.76 bits per heavy atom. The Balaban J connectivity index is 1.07. The molecular formula is C67H72N4O. The number of hydrogen-bond donors (Lipinski definition) is 1. The van der Waals surface area contributed by atoms with E-state index in [-0.39, 0.29) is 27.1 Å². The van der Waals surface area contributed by atoms with Gasteiger partial charge in [0.2, 0.25) is 0 Å². The quantitative estimate of drug-likeness (QED) is 0.157. The molecule has 2 aromatic heterocycles. The minimum absolute atomic E-state index is 0.0179. The molecule has 0 saturated heterocycles. The van der Waals surface area contributed by atoms with E-state index in [2.05, 4.69) is 264 Å². The zero-order valence-corrected chi connectivity index (χ0v) is 45.3. The molecule has 1 aliphatic rings. The summed E-state index contributed by atoms with van der Waals surface area (Å²) in [4.78, 5) is 7.37. The van der Waals surface area contributed by atoms with Gasteiger partial charge in [0.15, 0.2) is 0 Å². The first-order chi connectivity index (χ1) is 33.9. The van der Waals surface area contributed by atoms with E-state index in [0.717, 1.165) is 45.6 Å². The fraction of sp³-hybridized carbons (Fsp3) is 0.299. The van der Waals surface area contributed by atoms with Gasteiger partial charge in [0.25, 0.3) is 0 Å². The fourth-order valence-corrected chi connectivity index (χ4v) is 10.7. The fourth-order valence-electron chi connectivity index (χ4n) is 10.7. The zero-order valence-electron chi connectivity index (χ0n) is 45.3. The molecule has 0 atom stereocenters. The van der Waals surface area contributed by atoms with Crippen LogP contribution in [0.4, 0.5) is 22.7 Å². The lowest BCUT2D eigenvalue weighted by Crippen LogP contribution is -2.18. The average Bonchev–Trinajstić information content (AvgIpc) is 3.78. The molecule has 5 heteroatoms. The van der Waals surface area contributed by atoms with E-state index in [4.69, 9.17) is 9.72 Å². The lowest BCUT2D eigenvalue weighted by molar-refractivity contribution is 0.481. The van der Waals surface area contributed by atoms with Gasteiger partial charge in [0, 0.05) is 58.4 Å². The number of hydrogen-bond acceptors (Lipinski definition) is 4. The largest absolute Gasteiger partial charge is 0.457 e. The van der Waals surface area contributed by atoms with Crippen molar-refractivity contribution >= 4 is 44.6 Å². The molecule has 0 amide bonds. The highest BCUT2D eigenvalue weighted by Crippen LogP contribution is 2.53. The van der Waals surface area contributed by atoms with Gasteiger partial charge in [-0.15, -0.1) is 0 Å². The van der Waals surface area contributed by atoms with Crippen LogP contribution in [-0.4, -0.2) is 16.6 Å². The van der Waals surface area contributed by atoms with Gasteiger partial charge < -0.3 is 15.0 Å². The van der Waals surface area contributed by atoms with Crippen molar-refractivity contribution in [1.82, 2.24) is 9.55 Å². The van der Waals surface area contributed by atoms with Crippen LogP contribution in [0.5, 0.6) is 11.5 Å². The number of nitrogens with zero attached hydrogens (tertiary/aromatic N) is 3. The average molecular weight is 949 g/mol. The van der Waals surface area contributed by atoms with E-state index in [1.54, 1.807) is 0 Å². The molecule has 72 heavy (non-hydrogen) atoms. The lowest BCUT2D eigenvalue weighted by Gasteiger charge is -2.32. The molecule has 0 fully saturated rings. The first kappa shape index (κ1) is 48.5. The van der Waals surface area contributed by atoms with E-state index < -0.39 is 0 Å². The molecular weight excluding hydrogens is 877 g/mol. The topological polar surface area (TPSA) is 42.3 Å². The standard InChI is InChI=1S/C67H72N4O/c1-63(2,3)44-31-32-68-59(38-44)71-57-30-22-27-53-60(57)61-54(67(53,13)14)40-50(41-58(61)71)72-49-26-21-25-48(39-49)69-55-28-19-20-29-56(55)70(15)62-51(42-23-17-16-18-24-42)36-47(66(10,11)12)37-52(62)43-33-45(64(4,5)6)35-46(34-43)65(7,8)9/h16-41,69H,1-15H3. The maximum atomic E-state index is 6.95. The molecule has 2 heterocycles. The van der Waals surface area contributed by atoms with Crippen molar-refractivity contribution in [2.45, 2.75) is 124 Å². The summed E-state index contributed by atoms with van der Waals surface area (Å²) in [7, 11) is 2.22. The zero-order chi connectivity index (χ0) is 51.3. The third-order valence-electron chi connectivity index (χ3n) is 15.0. The maximum absolute atomic E-state index is 6.95. The van der Waals surface area contributed by atoms with Gasteiger partial charge in [0.1, 0.15) is 17.3 Å². The van der Waals surface area contributed by atoms with Crippen molar-refractivity contribution < 1.29 is 4.74 Å². The van der Waals surface area contributed by atoms with Gasteiger partial charge in [-0.3, -0.25) is 4.57 Å². The second-order valence-corrected chi connectivity index (χ2v) is 24.8. The van der Waals surface area contributed by atoms with Crippen LogP contribution in [0, 0.1) is 0 Å². The molecule has 1 aliphatic carbocycles. The number of nitrogens with one attached hydrogen (secondary N) is 1. The predicted octanol–water partition coefficient (Wildman–Crippen LogP) is 18.6. The molecule has 0 saturated carbocycles. The molecule has 0 bridgehead atoms. The lowest BCUT2D eigenvalue weighted by atomic mass is 9.77. The van der Waals surface area contributed by atoms with Gasteiger partial charge in [-0.25, -0.2) is 4.98 Å². The minimum atomic E-state index is -0.196. The third-order valence-corrected chi connectivity index (χ3v) is 15.0. The molecule has 1 N–H and O–H groups in total. The van der Waals surface area contributed by atoms with E-state index >= 15 is 0 Å². The van der Waals surface area contributed by atoms with Gasteiger partial charge in [-0.1, -0.05) is 176 Å². The van der Waals surface area contributed by atoms with Gasteiger partial charge in [0.05, 0.1) is 28.1 Å². The summed E-state index contributed by atoms with van der Waals surface area (Å²) in [5.41, 5.74) is 18.6. The van der Waals surface area contributed by atoms with Crippen LogP contribution in [0.3, 0.4) is 0 Å². The number of anilines is 4. The summed E-state index contributed by atoms with van der Waals surface area (Å²) in [6, 6.07) is 55.6. The Morgan fingerprint density at radius 1 is 0.500 bits per heavy atom. The normalized spacial score (nSPS) is 13.6. The third kappa shape index (κ3) is 8.75. The second-order valence-electron chi connectivity index (χ2n) is 24.8. The maximum Gasteiger partial charge on any atom is 0.137 e. The molecule has 10 rings (SSSR count). The number of para-hydroxylation sites is 2. The summed E-state index contributed by atoms with van der Waals surface area (Å²) in [5.74, 6) is 2.46. The van der Waals surface area contributed by atoms with Crippen LogP contribution >= 0.6 is 0 Å². The molecule has 9 aromatic rings. The molecule has 0 spiro atoms. The number of rotatable bonds is 9. The van der Waals surface area contributed by atoms with Crippen LogP contribution < -0.4 is 15.0 Å². The predicted molar refractivity (Wildman–Crippen MR) is 307 cm³/mol. The van der Waals surface area contributed by atoms with Crippen molar-refractivity contribution in [1.29, 1.82) is 0 Å². The van der Waals surface area contributed by atoms with Gasteiger partial charge >= 0.3 is 0 Å². The van der Waals surface area contributed by atoms with E-state index in [0.29, 0.717) is 0 Å². The Kier molecular flexibility index (Phi) is 11.7. The van der Waals surface area contributed by atoms with Crippen LogP contribution in [0.1, 0.15) is 130 Å². The molecule has 0 aliphatic heterocycles. The first-order valence-corrected chi connectivity index (χ1v) is 25.7. The summed E-state index contributed by atoms with van der Waals surface area (Å²) >= 11 is 0. The Labute approximate surface area is 428 Å². The summed E-state index contributed by atoms with van der Waals surface area (Å²) < 4.78 is 9.28. The molecule has 0 radical (unpaired) electrons. The van der Waals surface area contributed by atoms with Crippen molar-refractivity contribution in [3.05, 3.63) is 191 Å². The van der Waals surface area contributed by atoms with Crippen molar-refractivity contribution in [2.24, 2.45) is 0 Å². The van der Waals surface area contributed by atoms with Crippen molar-refractivity contribution in [2.75, 3.05) is 17.3 Å². The van der Waals surface area contributed by atoms with Gasteiger partial charge in [-0.05, 0) is 127 Å². The van der Waals surface area contributed by atoms with Crippen molar-refractivity contribution in [3.8, 4) is 39.6 Å². The van der Waals surface area contributed by atoms with E-state index in [1.807, 2.05) is 12.3 Å². The number of pyridine rings is 1. The minimum Gasteiger partial charge on any atom is -0.457 e. The number of aromatic nitrogens is 2. The molecule has 0 unspecified atom stereocenters. The SMILES string of the molecule is CN(c1ccccc1Nc1cccc(Oc2cc3c4c5c(cccc5n(-c5cc(C(C)(C)C)ccn5)c4c2)C3(C)C)c1)c1c(-c2ccccc2)cc(C(C)(C)C)cc1-c1cc(C(C)(C)C)cc(C(C)(C)C)c1. The highest BCUT2D eigenvalue weighted by molar-refractivity contribution is 6.16. The molecule has 5 nitrogen and oxygen atoms in total. The molecule has 366 valence electrons. The monoisotopic (exact) mass is 949 g/mol. The Hall–Kier alpha value is -7.11. The number of ether oxygens (including phenoxy) is 1. The highest BCUT2D eigenvalue weighted by Gasteiger charge is 2.37. The van der Waals surface area contributed by atoms with Crippen molar-refractivity contribution in [3.63, 3.8) is 0 Å².